The van der Waals surface area contributed by atoms with Crippen LogP contribution in [0.5, 0.6) is 5.75 Å². The molecule has 0 radical (unpaired) electrons. The highest BCUT2D eigenvalue weighted by Gasteiger charge is 2.22. The quantitative estimate of drug-likeness (QED) is 0.554. The molecule has 0 aromatic heterocycles. The van der Waals surface area contributed by atoms with Crippen LogP contribution in [0.3, 0.4) is 0 Å². The summed E-state index contributed by atoms with van der Waals surface area (Å²) in [6.45, 7) is 2.82. The Morgan fingerprint density at radius 1 is 0.889 bits per heavy atom. The number of carbonyl (C=O) groups is 1. The van der Waals surface area contributed by atoms with Crippen molar-refractivity contribution in [1.29, 1.82) is 0 Å². The standard InChI is InChI=1S/C23H22ClNO2/c1-18(27-22-14-8-13-21(24)15-22)23(26)25(16-19-9-4-2-5-10-19)17-20-11-6-3-7-12-20/h2-15,18H,16-17H2,1H3. The minimum Gasteiger partial charge on any atom is -0.481 e. The van der Waals surface area contributed by atoms with E-state index in [1.165, 1.54) is 0 Å². The van der Waals surface area contributed by atoms with Crippen molar-refractivity contribution in [2.24, 2.45) is 0 Å². The maximum Gasteiger partial charge on any atom is 0.263 e. The number of amides is 1. The van der Waals surface area contributed by atoms with Gasteiger partial charge in [-0.1, -0.05) is 78.3 Å². The molecule has 3 rings (SSSR count). The van der Waals surface area contributed by atoms with E-state index in [0.29, 0.717) is 23.9 Å². The van der Waals surface area contributed by atoms with E-state index < -0.39 is 6.10 Å². The molecule has 0 spiro atoms. The SMILES string of the molecule is CC(Oc1cccc(Cl)c1)C(=O)N(Cc1ccccc1)Cc1ccccc1. The molecule has 3 aromatic carbocycles. The van der Waals surface area contributed by atoms with Crippen LogP contribution in [0.1, 0.15) is 18.1 Å². The molecule has 27 heavy (non-hydrogen) atoms. The van der Waals surface area contributed by atoms with Crippen molar-refractivity contribution in [2.45, 2.75) is 26.1 Å². The average molecular weight is 380 g/mol. The molecule has 0 saturated carbocycles. The van der Waals surface area contributed by atoms with Crippen LogP contribution < -0.4 is 4.74 Å². The third kappa shape index (κ3) is 5.60. The van der Waals surface area contributed by atoms with Gasteiger partial charge in [-0.25, -0.2) is 0 Å². The highest BCUT2D eigenvalue weighted by Crippen LogP contribution is 2.20. The summed E-state index contributed by atoms with van der Waals surface area (Å²) >= 11 is 6.01. The summed E-state index contributed by atoms with van der Waals surface area (Å²) in [7, 11) is 0. The molecular formula is C23H22ClNO2. The molecule has 0 bridgehead atoms. The average Bonchev–Trinajstić information content (AvgIpc) is 2.68. The Kier molecular flexibility index (Phi) is 6.50. The first kappa shape index (κ1) is 19.0. The maximum atomic E-state index is 13.1. The Bertz CT molecular complexity index is 826. The monoisotopic (exact) mass is 379 g/mol. The second-order valence-corrected chi connectivity index (χ2v) is 6.82. The summed E-state index contributed by atoms with van der Waals surface area (Å²) < 4.78 is 5.84. The lowest BCUT2D eigenvalue weighted by Crippen LogP contribution is -2.39. The van der Waals surface area contributed by atoms with Crippen molar-refractivity contribution in [3.63, 3.8) is 0 Å². The zero-order chi connectivity index (χ0) is 19.1. The summed E-state index contributed by atoms with van der Waals surface area (Å²) in [5.74, 6) is 0.519. The summed E-state index contributed by atoms with van der Waals surface area (Å²) in [5, 5.41) is 0.581. The summed E-state index contributed by atoms with van der Waals surface area (Å²) in [6, 6.07) is 27.0. The first-order chi connectivity index (χ1) is 13.1. The molecule has 0 aliphatic rings. The highest BCUT2D eigenvalue weighted by molar-refractivity contribution is 6.30. The Hall–Kier alpha value is -2.78. The molecule has 138 valence electrons. The van der Waals surface area contributed by atoms with Crippen LogP contribution >= 0.6 is 11.6 Å². The van der Waals surface area contributed by atoms with Gasteiger partial charge in [0, 0.05) is 18.1 Å². The van der Waals surface area contributed by atoms with Gasteiger partial charge in [-0.05, 0) is 36.2 Å². The van der Waals surface area contributed by atoms with Crippen molar-refractivity contribution >= 4 is 17.5 Å². The second-order valence-electron chi connectivity index (χ2n) is 6.38. The Balaban J connectivity index is 1.76. The number of rotatable bonds is 7. The number of nitrogens with zero attached hydrogens (tertiary/aromatic N) is 1. The minimum absolute atomic E-state index is 0.0670. The Labute approximate surface area is 165 Å². The van der Waals surface area contributed by atoms with Gasteiger partial charge in [-0.2, -0.15) is 0 Å². The smallest absolute Gasteiger partial charge is 0.263 e. The Morgan fingerprint density at radius 2 is 1.44 bits per heavy atom. The van der Waals surface area contributed by atoms with Crippen LogP contribution in [0.15, 0.2) is 84.9 Å². The zero-order valence-corrected chi connectivity index (χ0v) is 16.0. The molecule has 0 fully saturated rings. The van der Waals surface area contributed by atoms with Gasteiger partial charge in [-0.3, -0.25) is 4.79 Å². The van der Waals surface area contributed by atoms with Crippen molar-refractivity contribution in [3.05, 3.63) is 101 Å². The van der Waals surface area contributed by atoms with Crippen molar-refractivity contribution < 1.29 is 9.53 Å². The zero-order valence-electron chi connectivity index (χ0n) is 15.2. The van der Waals surface area contributed by atoms with E-state index in [0.717, 1.165) is 11.1 Å². The molecule has 4 heteroatoms. The molecule has 1 atom stereocenters. The fraction of sp³-hybridized carbons (Fsp3) is 0.174. The molecule has 0 aliphatic heterocycles. The highest BCUT2D eigenvalue weighted by atomic mass is 35.5. The van der Waals surface area contributed by atoms with Gasteiger partial charge in [0.15, 0.2) is 6.10 Å². The minimum atomic E-state index is -0.615. The number of hydrogen-bond acceptors (Lipinski definition) is 2. The fourth-order valence-corrected chi connectivity index (χ4v) is 3.05. The number of ether oxygens (including phenoxy) is 1. The second kappa shape index (κ2) is 9.24. The molecule has 3 aromatic rings. The molecule has 1 unspecified atom stereocenters. The van der Waals surface area contributed by atoms with Crippen LogP contribution in [0.4, 0.5) is 0 Å². The number of carbonyl (C=O) groups excluding carboxylic acids is 1. The Morgan fingerprint density at radius 3 is 1.96 bits per heavy atom. The van der Waals surface area contributed by atoms with Gasteiger partial charge in [0.25, 0.3) is 5.91 Å². The van der Waals surface area contributed by atoms with Gasteiger partial charge in [0.05, 0.1) is 0 Å². The van der Waals surface area contributed by atoms with Crippen molar-refractivity contribution in [1.82, 2.24) is 4.90 Å². The van der Waals surface area contributed by atoms with Crippen LogP contribution in [0.25, 0.3) is 0 Å². The molecule has 0 N–H and O–H groups in total. The van der Waals surface area contributed by atoms with E-state index in [1.807, 2.05) is 65.6 Å². The largest absolute Gasteiger partial charge is 0.481 e. The molecule has 0 saturated heterocycles. The predicted molar refractivity (Wildman–Crippen MR) is 109 cm³/mol. The van der Waals surface area contributed by atoms with Crippen LogP contribution in [0, 0.1) is 0 Å². The molecule has 0 heterocycles. The number of benzene rings is 3. The number of hydrogen-bond donors (Lipinski definition) is 0. The van der Waals surface area contributed by atoms with Gasteiger partial charge in [0.1, 0.15) is 5.75 Å². The summed E-state index contributed by atoms with van der Waals surface area (Å²) in [4.78, 5) is 14.9. The molecule has 0 aliphatic carbocycles. The summed E-state index contributed by atoms with van der Waals surface area (Å²) in [5.41, 5.74) is 2.16. The van der Waals surface area contributed by atoms with Gasteiger partial charge < -0.3 is 9.64 Å². The summed E-state index contributed by atoms with van der Waals surface area (Å²) in [6.07, 6.45) is -0.615. The van der Waals surface area contributed by atoms with Gasteiger partial charge in [-0.15, -0.1) is 0 Å². The van der Waals surface area contributed by atoms with E-state index >= 15 is 0 Å². The van der Waals surface area contributed by atoms with E-state index in [4.69, 9.17) is 16.3 Å². The predicted octanol–water partition coefficient (Wildman–Crippen LogP) is 5.34. The normalized spacial score (nSPS) is 11.6. The molecule has 3 nitrogen and oxygen atoms in total. The van der Waals surface area contributed by atoms with E-state index in [9.17, 15) is 4.79 Å². The lowest BCUT2D eigenvalue weighted by atomic mass is 10.1. The van der Waals surface area contributed by atoms with Gasteiger partial charge in [0.2, 0.25) is 0 Å². The van der Waals surface area contributed by atoms with Crippen molar-refractivity contribution in [2.75, 3.05) is 0 Å². The first-order valence-electron chi connectivity index (χ1n) is 8.90. The van der Waals surface area contributed by atoms with E-state index in [2.05, 4.69) is 0 Å². The first-order valence-corrected chi connectivity index (χ1v) is 9.28. The fourth-order valence-electron chi connectivity index (χ4n) is 2.87. The maximum absolute atomic E-state index is 13.1. The van der Waals surface area contributed by atoms with Gasteiger partial charge >= 0.3 is 0 Å². The van der Waals surface area contributed by atoms with Crippen LogP contribution in [0.2, 0.25) is 5.02 Å². The lowest BCUT2D eigenvalue weighted by Gasteiger charge is -2.26. The third-order valence-corrected chi connectivity index (χ3v) is 4.44. The van der Waals surface area contributed by atoms with E-state index in [1.54, 1.807) is 31.2 Å². The number of halogens is 1. The third-order valence-electron chi connectivity index (χ3n) is 4.20. The molecule has 1 amide bonds. The molecular weight excluding hydrogens is 358 g/mol. The topological polar surface area (TPSA) is 29.5 Å². The van der Waals surface area contributed by atoms with E-state index in [-0.39, 0.29) is 5.91 Å². The van der Waals surface area contributed by atoms with Crippen LogP contribution in [-0.2, 0) is 17.9 Å². The van der Waals surface area contributed by atoms with Crippen molar-refractivity contribution in [3.8, 4) is 5.75 Å². The van der Waals surface area contributed by atoms with Crippen LogP contribution in [-0.4, -0.2) is 16.9 Å². The lowest BCUT2D eigenvalue weighted by molar-refractivity contribution is -0.139.